The molecule has 18 aromatic carbocycles. The van der Waals surface area contributed by atoms with Crippen molar-refractivity contribution >= 4 is 131 Å². The third kappa shape index (κ3) is 11.2. The van der Waals surface area contributed by atoms with Crippen LogP contribution in [0.2, 0.25) is 0 Å². The van der Waals surface area contributed by atoms with Crippen molar-refractivity contribution in [2.75, 3.05) is 0 Å². The van der Waals surface area contributed by atoms with Gasteiger partial charge >= 0.3 is 7.69 Å². The predicted molar refractivity (Wildman–Crippen MR) is 405 cm³/mol. The Morgan fingerprint density at radius 2 is 0.495 bits per heavy atom. The highest BCUT2D eigenvalue weighted by atomic mass is 79.9. The highest BCUT2D eigenvalue weighted by Crippen LogP contribution is 2.42. The van der Waals surface area contributed by atoms with Gasteiger partial charge in [-0.05, 0) is 236 Å². The summed E-state index contributed by atoms with van der Waals surface area (Å²) in [6.45, 7) is 0. The molecule has 439 valence electrons. The summed E-state index contributed by atoms with van der Waals surface area (Å²) >= 11 is 3.56. The molecule has 0 aliphatic rings. The predicted octanol–water partition coefficient (Wildman–Crippen LogP) is 25.2. The summed E-state index contributed by atoms with van der Waals surface area (Å²) in [5.41, 5.74) is 12.3. The summed E-state index contributed by atoms with van der Waals surface area (Å²) in [5.74, 6) is 0.613. The second-order valence-electron chi connectivity index (χ2n) is 23.6. The molecule has 0 aliphatic carbocycles. The van der Waals surface area contributed by atoms with Crippen LogP contribution in [0.1, 0.15) is 7.43 Å². The fourth-order valence-corrected chi connectivity index (χ4v) is 14.2. The molecule has 0 amide bonds. The van der Waals surface area contributed by atoms with E-state index >= 15 is 0 Å². The number of rotatable bonds is 7. The number of hydrogen-bond acceptors (Lipinski definition) is 2. The molecule has 0 bridgehead atoms. The molecular weight excluding hydrogens is 1190 g/mol. The van der Waals surface area contributed by atoms with Crippen molar-refractivity contribution in [1.29, 1.82) is 0 Å². The van der Waals surface area contributed by atoms with E-state index in [1.54, 1.807) is 0 Å². The summed E-state index contributed by atoms with van der Waals surface area (Å²) < 4.78 is 6.21. The van der Waals surface area contributed by atoms with Crippen molar-refractivity contribution in [1.82, 2.24) is 0 Å². The molecule has 0 saturated carbocycles. The monoisotopic (exact) mass is 1250 g/mol. The Kier molecular flexibility index (Phi) is 15.8. The highest BCUT2D eigenvalue weighted by molar-refractivity contribution is 9.10. The van der Waals surface area contributed by atoms with E-state index in [-0.39, 0.29) is 7.43 Å². The van der Waals surface area contributed by atoms with Crippen LogP contribution in [0, 0.1) is 0 Å². The Bertz CT molecular complexity index is 5890. The van der Waals surface area contributed by atoms with Crippen LogP contribution < -0.4 is 4.65 Å². The van der Waals surface area contributed by atoms with Gasteiger partial charge in [0.25, 0.3) is 0 Å². The summed E-state index contributed by atoms with van der Waals surface area (Å²) in [6, 6.07) is 122. The Morgan fingerprint density at radius 3 is 0.892 bits per heavy atom. The zero-order valence-corrected chi connectivity index (χ0v) is 51.7. The molecule has 18 aromatic rings. The highest BCUT2D eigenvalue weighted by Gasteiger charge is 2.15. The molecule has 18 rings (SSSR count). The maximum absolute atomic E-state index is 8.85. The van der Waals surface area contributed by atoms with Crippen molar-refractivity contribution in [2.24, 2.45) is 0 Å². The summed E-state index contributed by atoms with van der Waals surface area (Å²) in [6.07, 6.45) is 0. The van der Waals surface area contributed by atoms with Crippen LogP contribution in [0.25, 0.3) is 163 Å². The van der Waals surface area contributed by atoms with Gasteiger partial charge in [-0.3, -0.25) is 0 Å². The van der Waals surface area contributed by atoms with E-state index in [1.807, 2.05) is 18.2 Å². The summed E-state index contributed by atoms with van der Waals surface area (Å²) in [5, 5.41) is 34.3. The molecule has 0 aliphatic heterocycles. The van der Waals surface area contributed by atoms with Gasteiger partial charge in [-0.2, -0.15) is 0 Å². The smallest absolute Gasteiger partial charge is 0.537 e. The first-order valence-electron chi connectivity index (χ1n) is 31.2. The number of benzene rings is 18. The maximum atomic E-state index is 8.85. The molecule has 0 saturated heterocycles. The van der Waals surface area contributed by atoms with Crippen LogP contribution in [0.15, 0.2) is 344 Å². The van der Waals surface area contributed by atoms with Crippen LogP contribution in [0.3, 0.4) is 0 Å². The lowest BCUT2D eigenvalue weighted by atomic mass is 9.91. The second kappa shape index (κ2) is 25.3. The topological polar surface area (TPSA) is 29.5 Å². The molecule has 2 nitrogen and oxygen atoms in total. The van der Waals surface area contributed by atoms with Gasteiger partial charge in [-0.25, -0.2) is 0 Å². The average Bonchev–Trinajstić information content (AvgIpc) is 1.10. The molecule has 0 atom stereocenters. The van der Waals surface area contributed by atoms with E-state index in [2.05, 4.69) is 337 Å². The standard InChI is InChI=1S/C44H28.C24H15Br.C20H14BO2.CH4/c1-3-14-37-34(10-1)27-43(41-18-7-5-16-39(37)41)33-13-9-12-29(25-33)30-20-21-32-26-36(23-22-31(32)24-30)44-28-35-11-2-4-15-38(35)40-17-6-8-19-42(40)44;25-20-12-11-16-13-19(10-9-17(16)14-20)24-15-18-5-1-2-6-21(18)22-7-3-4-8-23(22)24;22-21-23-16-8-5-7-14(12-16)20-13-15-6-1-2-9-17(15)18-10-3-4-11-19(18)20;/h1-28H;1-15H;1-13,22H;1H4. The minimum absolute atomic E-state index is 0. The SMILES string of the molecule is Brc1ccc2cc(-c3cc4ccccc4c4ccccc34)ccc2c1.C.O[B]Oc1cccc(-c2cc3ccccc3c3ccccc23)c1.c1cc(-c2ccc3cc(-c4cc5ccccc5c5ccccc45)ccc3c2)cc(-c2cc3ccccc3c3ccccc23)c1. The lowest BCUT2D eigenvalue weighted by Crippen LogP contribution is -1.99. The minimum atomic E-state index is 0. The van der Waals surface area contributed by atoms with Gasteiger partial charge in [-0.1, -0.05) is 290 Å². The Balaban J connectivity index is 0.000000124. The minimum Gasteiger partial charge on any atom is -0.537 e. The van der Waals surface area contributed by atoms with Gasteiger partial charge < -0.3 is 9.68 Å². The van der Waals surface area contributed by atoms with Crippen LogP contribution in [-0.4, -0.2) is 12.7 Å². The molecule has 0 aromatic heterocycles. The van der Waals surface area contributed by atoms with Crippen molar-refractivity contribution in [3.8, 4) is 61.4 Å². The van der Waals surface area contributed by atoms with Gasteiger partial charge in [-0.15, -0.1) is 0 Å². The molecular formula is C89H61BBrO2. The molecule has 0 heterocycles. The normalized spacial score (nSPS) is 11.2. The summed E-state index contributed by atoms with van der Waals surface area (Å²) in [7, 11) is 0.706. The van der Waals surface area contributed by atoms with Crippen LogP contribution in [0.5, 0.6) is 5.75 Å². The Labute approximate surface area is 550 Å². The fraction of sp³-hybridized carbons (Fsp3) is 0.0112. The third-order valence-corrected chi connectivity index (χ3v) is 18.7. The molecule has 4 heteroatoms. The van der Waals surface area contributed by atoms with Gasteiger partial charge in [0.05, 0.1) is 0 Å². The largest absolute Gasteiger partial charge is 0.569 e. The molecule has 0 fully saturated rings. The molecule has 0 spiro atoms. The number of halogens is 1. The van der Waals surface area contributed by atoms with Crippen LogP contribution in [0.4, 0.5) is 0 Å². The van der Waals surface area contributed by atoms with Crippen molar-refractivity contribution in [3.05, 3.63) is 344 Å². The quantitative estimate of drug-likeness (QED) is 0.127. The Hall–Kier alpha value is -11.1. The fourth-order valence-electron chi connectivity index (χ4n) is 13.8. The first-order chi connectivity index (χ1) is 45.5. The van der Waals surface area contributed by atoms with Gasteiger partial charge in [0.1, 0.15) is 5.75 Å². The number of hydrogen-bond donors (Lipinski definition) is 1. The maximum Gasteiger partial charge on any atom is 0.569 e. The van der Waals surface area contributed by atoms with Crippen LogP contribution in [-0.2, 0) is 0 Å². The molecule has 1 N–H and O–H groups in total. The molecule has 0 unspecified atom stereocenters. The number of fused-ring (bicyclic) bond motifs is 14. The van der Waals surface area contributed by atoms with Crippen LogP contribution >= 0.6 is 15.9 Å². The third-order valence-electron chi connectivity index (χ3n) is 18.2. The van der Waals surface area contributed by atoms with Crippen molar-refractivity contribution < 1.29 is 9.68 Å². The van der Waals surface area contributed by atoms with E-state index in [0.29, 0.717) is 13.4 Å². The zero-order chi connectivity index (χ0) is 61.5. The Morgan fingerprint density at radius 1 is 0.215 bits per heavy atom. The van der Waals surface area contributed by atoms with Gasteiger partial charge in [0.15, 0.2) is 0 Å². The van der Waals surface area contributed by atoms with E-state index in [0.717, 1.165) is 15.6 Å². The molecule has 93 heavy (non-hydrogen) atoms. The van der Waals surface area contributed by atoms with E-state index in [4.69, 9.17) is 9.68 Å². The van der Waals surface area contributed by atoms with E-state index in [9.17, 15) is 0 Å². The van der Waals surface area contributed by atoms with Crippen molar-refractivity contribution in [3.63, 3.8) is 0 Å². The lowest BCUT2D eigenvalue weighted by Gasteiger charge is -2.13. The summed E-state index contributed by atoms with van der Waals surface area (Å²) in [4.78, 5) is 0. The van der Waals surface area contributed by atoms with Gasteiger partial charge in [0, 0.05) is 4.47 Å². The zero-order valence-electron chi connectivity index (χ0n) is 50.1. The molecule has 1 radical (unpaired) electrons. The first-order valence-corrected chi connectivity index (χ1v) is 32.0. The van der Waals surface area contributed by atoms with Crippen molar-refractivity contribution in [2.45, 2.75) is 7.43 Å². The lowest BCUT2D eigenvalue weighted by molar-refractivity contribution is 0.454. The van der Waals surface area contributed by atoms with E-state index in [1.165, 1.54) is 152 Å². The first kappa shape index (κ1) is 58.3. The van der Waals surface area contributed by atoms with E-state index < -0.39 is 0 Å². The second-order valence-corrected chi connectivity index (χ2v) is 24.5. The average molecular weight is 1250 g/mol. The van der Waals surface area contributed by atoms with Gasteiger partial charge in [0.2, 0.25) is 0 Å².